The van der Waals surface area contributed by atoms with Gasteiger partial charge in [-0.2, -0.15) is 18.3 Å². The lowest BCUT2D eigenvalue weighted by atomic mass is 10.1. The van der Waals surface area contributed by atoms with Crippen molar-refractivity contribution in [2.75, 3.05) is 64.4 Å². The molecule has 17 heteroatoms. The number of hydrogen-bond donors (Lipinski definition) is 2. The van der Waals surface area contributed by atoms with Crippen molar-refractivity contribution in [1.82, 2.24) is 34.1 Å². The van der Waals surface area contributed by atoms with Crippen molar-refractivity contribution in [2.24, 2.45) is 13.0 Å². The molecule has 0 aliphatic carbocycles. The summed E-state index contributed by atoms with van der Waals surface area (Å²) in [5, 5.41) is 6.45. The summed E-state index contributed by atoms with van der Waals surface area (Å²) < 4.78 is 45.0. The van der Waals surface area contributed by atoms with E-state index >= 15 is 0 Å². The highest BCUT2D eigenvalue weighted by Crippen LogP contribution is 2.37. The summed E-state index contributed by atoms with van der Waals surface area (Å²) in [7, 11) is 5.65. The molecule has 1 atom stereocenters. The van der Waals surface area contributed by atoms with E-state index in [9.17, 15) is 27.6 Å². The topological polar surface area (TPSA) is 144 Å². The molecule has 258 valence electrons. The Morgan fingerprint density at radius 3 is 2.35 bits per heavy atom. The number of pyridine rings is 1. The Balaban J connectivity index is 1.12. The number of benzene rings is 1. The molecule has 2 saturated heterocycles. The molecule has 4 aromatic rings. The van der Waals surface area contributed by atoms with Crippen molar-refractivity contribution >= 4 is 40.7 Å². The van der Waals surface area contributed by atoms with Crippen LogP contribution in [0.4, 0.5) is 24.5 Å². The maximum absolute atomic E-state index is 14.0. The smallest absolute Gasteiger partial charge is 0.397 e. The second kappa shape index (κ2) is 12.8. The maximum Gasteiger partial charge on any atom is 0.435 e. The fourth-order valence-electron chi connectivity index (χ4n) is 6.29. The zero-order valence-corrected chi connectivity index (χ0v) is 27.8. The molecule has 6 rings (SSSR count). The van der Waals surface area contributed by atoms with Crippen molar-refractivity contribution in [1.29, 1.82) is 0 Å². The molecule has 2 aliphatic rings. The predicted octanol–water partition coefficient (Wildman–Crippen LogP) is 3.56. The molecule has 5 heterocycles. The van der Waals surface area contributed by atoms with E-state index in [0.29, 0.717) is 31.9 Å². The Morgan fingerprint density at radius 1 is 1.02 bits per heavy atom. The standard InChI is InChI=1S/C32H34ClF3N10O3/c1-42-25(23-17-45(41-27(23)32(34,35)36)26-7-4-20(37)15-38-26)16-39-28(42)29(47)40-21-5-6-22(24(33)14-21)31(49)44-11-9-43(10-12-44)30(48)19-8-13-46(2,3)18-19/h4-7,14-17,19H,8-13,18,37H2,1-3H3/p+1. The van der Waals surface area contributed by atoms with Crippen LogP contribution < -0.4 is 11.1 Å². The van der Waals surface area contributed by atoms with Crippen molar-refractivity contribution in [3.8, 4) is 17.1 Å². The van der Waals surface area contributed by atoms with Crippen LogP contribution in [0.1, 0.15) is 33.1 Å². The molecule has 0 saturated carbocycles. The second-order valence-corrected chi connectivity index (χ2v) is 13.3. The fraction of sp³-hybridized carbons (Fsp3) is 0.375. The monoisotopic (exact) mass is 699 g/mol. The Hall–Kier alpha value is -4.96. The quantitative estimate of drug-likeness (QED) is 0.293. The number of aromatic nitrogens is 5. The first-order chi connectivity index (χ1) is 23.1. The van der Waals surface area contributed by atoms with Gasteiger partial charge in [0.05, 0.1) is 73.0 Å². The van der Waals surface area contributed by atoms with Gasteiger partial charge in [-0.05, 0) is 30.3 Å². The van der Waals surface area contributed by atoms with Crippen LogP contribution in [0.15, 0.2) is 48.9 Å². The minimum Gasteiger partial charge on any atom is -0.397 e. The number of quaternary nitrogens is 1. The average molecular weight is 700 g/mol. The number of nitrogens with two attached hydrogens (primary N) is 1. The van der Waals surface area contributed by atoms with E-state index in [1.54, 1.807) is 4.90 Å². The van der Waals surface area contributed by atoms with Crippen LogP contribution in [-0.2, 0) is 18.0 Å². The molecule has 13 nitrogen and oxygen atoms in total. The summed E-state index contributed by atoms with van der Waals surface area (Å²) >= 11 is 6.49. The van der Waals surface area contributed by atoms with E-state index in [1.165, 1.54) is 48.1 Å². The lowest BCUT2D eigenvalue weighted by Crippen LogP contribution is -2.52. The van der Waals surface area contributed by atoms with E-state index < -0.39 is 17.8 Å². The highest BCUT2D eigenvalue weighted by molar-refractivity contribution is 6.34. The van der Waals surface area contributed by atoms with E-state index in [2.05, 4.69) is 34.5 Å². The highest BCUT2D eigenvalue weighted by atomic mass is 35.5. The molecule has 3 N–H and O–H groups in total. The number of hydrogen-bond acceptors (Lipinski definition) is 7. The van der Waals surface area contributed by atoms with E-state index in [4.69, 9.17) is 17.3 Å². The van der Waals surface area contributed by atoms with E-state index in [1.807, 2.05) is 4.90 Å². The number of carbonyl (C=O) groups is 3. The molecule has 0 bridgehead atoms. The van der Waals surface area contributed by atoms with Crippen molar-refractivity contribution in [2.45, 2.75) is 12.6 Å². The summed E-state index contributed by atoms with van der Waals surface area (Å²) in [6.45, 7) is 3.40. The molecule has 0 radical (unpaired) electrons. The number of rotatable bonds is 6. The summed E-state index contributed by atoms with van der Waals surface area (Å²) in [4.78, 5) is 51.1. The van der Waals surface area contributed by atoms with Crippen molar-refractivity contribution in [3.63, 3.8) is 0 Å². The number of carbonyl (C=O) groups excluding carboxylic acids is 3. The van der Waals surface area contributed by atoms with Crippen LogP contribution in [0.5, 0.6) is 0 Å². The molecular formula is C32H35ClF3N10O3+. The number of alkyl halides is 3. The second-order valence-electron chi connectivity index (χ2n) is 12.9. The number of nitrogens with zero attached hydrogens (tertiary/aromatic N) is 8. The lowest BCUT2D eigenvalue weighted by Gasteiger charge is -2.36. The van der Waals surface area contributed by atoms with Crippen LogP contribution in [0.3, 0.4) is 0 Å². The van der Waals surface area contributed by atoms with Crippen LogP contribution in [-0.4, -0.2) is 110 Å². The van der Waals surface area contributed by atoms with Crippen molar-refractivity contribution < 1.29 is 32.0 Å². The van der Waals surface area contributed by atoms with Gasteiger partial charge in [0.2, 0.25) is 5.91 Å². The molecule has 0 spiro atoms. The van der Waals surface area contributed by atoms with Crippen LogP contribution in [0.25, 0.3) is 17.1 Å². The SMILES string of the molecule is Cn1c(-c2cn(-c3ccc(N)cn3)nc2C(F)(F)F)cnc1C(=O)Nc1ccc(C(=O)N2CCN(C(=O)C3CC[N+](C)(C)C3)CC2)c(Cl)c1. The van der Waals surface area contributed by atoms with E-state index in [-0.39, 0.29) is 56.9 Å². The summed E-state index contributed by atoms with van der Waals surface area (Å²) in [5.41, 5.74) is 4.97. The lowest BCUT2D eigenvalue weighted by molar-refractivity contribution is -0.878. The average Bonchev–Trinajstić information content (AvgIpc) is 3.77. The van der Waals surface area contributed by atoms with Gasteiger partial charge in [-0.1, -0.05) is 11.6 Å². The minimum atomic E-state index is -4.81. The summed E-state index contributed by atoms with van der Waals surface area (Å²) in [6, 6.07) is 7.34. The van der Waals surface area contributed by atoms with E-state index in [0.717, 1.165) is 41.1 Å². The van der Waals surface area contributed by atoms with Gasteiger partial charge in [0.1, 0.15) is 0 Å². The summed E-state index contributed by atoms with van der Waals surface area (Å²) in [6.07, 6.45) is -0.347. The van der Waals surface area contributed by atoms with Crippen molar-refractivity contribution in [3.05, 3.63) is 71.0 Å². The predicted molar refractivity (Wildman–Crippen MR) is 175 cm³/mol. The first-order valence-electron chi connectivity index (χ1n) is 15.5. The van der Waals surface area contributed by atoms with Gasteiger partial charge < -0.3 is 29.9 Å². The maximum atomic E-state index is 14.0. The van der Waals surface area contributed by atoms with Gasteiger partial charge in [0.25, 0.3) is 11.8 Å². The number of likely N-dealkylation sites (tertiary alicyclic amines) is 1. The van der Waals surface area contributed by atoms with Gasteiger partial charge in [-0.15, -0.1) is 0 Å². The Labute approximate surface area is 284 Å². The van der Waals surface area contributed by atoms with Gasteiger partial charge in [0, 0.05) is 51.5 Å². The fourth-order valence-corrected chi connectivity index (χ4v) is 6.55. The highest BCUT2D eigenvalue weighted by Gasteiger charge is 2.40. The number of nitrogens with one attached hydrogen (secondary N) is 1. The van der Waals surface area contributed by atoms with Crippen LogP contribution in [0, 0.1) is 5.92 Å². The third kappa shape index (κ3) is 6.96. The summed E-state index contributed by atoms with van der Waals surface area (Å²) in [5.74, 6) is -0.926. The first-order valence-corrected chi connectivity index (χ1v) is 15.9. The molecule has 3 amide bonds. The third-order valence-electron chi connectivity index (χ3n) is 8.94. The molecular weight excluding hydrogens is 665 g/mol. The first kappa shape index (κ1) is 33.9. The molecule has 2 aliphatic heterocycles. The molecule has 1 unspecified atom stereocenters. The van der Waals surface area contributed by atoms with Crippen LogP contribution >= 0.6 is 11.6 Å². The number of anilines is 2. The number of halogens is 4. The molecule has 1 aromatic carbocycles. The number of nitrogen functional groups attached to an aromatic ring is 1. The Bertz CT molecular complexity index is 1910. The van der Waals surface area contributed by atoms with Gasteiger partial charge in [-0.3, -0.25) is 14.4 Å². The third-order valence-corrected chi connectivity index (χ3v) is 9.25. The van der Waals surface area contributed by atoms with Gasteiger partial charge in [0.15, 0.2) is 17.3 Å². The number of imidazole rings is 1. The van der Waals surface area contributed by atoms with Crippen LogP contribution in [0.2, 0.25) is 5.02 Å². The van der Waals surface area contributed by atoms with Gasteiger partial charge in [-0.25, -0.2) is 14.6 Å². The number of amides is 3. The minimum absolute atomic E-state index is 0.000964. The van der Waals surface area contributed by atoms with Gasteiger partial charge >= 0.3 is 6.18 Å². The zero-order valence-electron chi connectivity index (χ0n) is 27.0. The Morgan fingerprint density at radius 2 is 1.73 bits per heavy atom. The normalized spacial score (nSPS) is 17.7. The molecule has 3 aromatic heterocycles. The number of piperazine rings is 1. The largest absolute Gasteiger partial charge is 0.435 e. The molecule has 2 fully saturated rings. The zero-order chi connectivity index (χ0) is 35.2. The Kier molecular flexibility index (Phi) is 8.87. The molecule has 49 heavy (non-hydrogen) atoms.